The number of benzene rings is 1. The van der Waals surface area contributed by atoms with Crippen LogP contribution in [0.2, 0.25) is 0 Å². The zero-order valence-corrected chi connectivity index (χ0v) is 20.9. The Kier molecular flexibility index (Phi) is 6.69. The van der Waals surface area contributed by atoms with Crippen molar-refractivity contribution in [3.63, 3.8) is 0 Å². The van der Waals surface area contributed by atoms with Crippen molar-refractivity contribution >= 4 is 40.2 Å². The maximum Gasteiger partial charge on any atom is 0.293 e. The number of aromatic amines is 1. The van der Waals surface area contributed by atoms with Crippen LogP contribution in [0.5, 0.6) is 0 Å². The number of aromatic nitrogens is 3. The highest BCUT2D eigenvalue weighted by atomic mass is 32.2. The third kappa shape index (κ3) is 5.15. The fourth-order valence-corrected chi connectivity index (χ4v) is 5.37. The fraction of sp³-hybridized carbons (Fsp3) is 0.423. The van der Waals surface area contributed by atoms with Gasteiger partial charge >= 0.3 is 0 Å². The number of thioether (sulfide) groups is 1. The van der Waals surface area contributed by atoms with E-state index in [0.717, 1.165) is 66.2 Å². The van der Waals surface area contributed by atoms with E-state index in [1.807, 2.05) is 36.0 Å². The number of amides is 1. The first-order valence-corrected chi connectivity index (χ1v) is 13.0. The minimum Gasteiger partial charge on any atom is -0.383 e. The molecule has 0 bridgehead atoms. The quantitative estimate of drug-likeness (QED) is 0.455. The highest BCUT2D eigenvalue weighted by Gasteiger charge is 2.43. The number of nitrogens with one attached hydrogen (secondary N) is 2. The van der Waals surface area contributed by atoms with Crippen LogP contribution in [-0.2, 0) is 16.8 Å². The lowest BCUT2D eigenvalue weighted by Gasteiger charge is -2.23. The minimum absolute atomic E-state index is 0.00916. The SMILES string of the molecule is COCc1ccc(NC(=O)c2nc(N)c3c(C4(C)CC4)c(C#CCN4CCSCC4)[nH]c3n2)cc1. The minimum atomic E-state index is -0.414. The van der Waals surface area contributed by atoms with Crippen LogP contribution in [0, 0.1) is 11.8 Å². The van der Waals surface area contributed by atoms with Crippen molar-refractivity contribution in [3.05, 3.63) is 46.9 Å². The summed E-state index contributed by atoms with van der Waals surface area (Å²) in [4.78, 5) is 27.5. The van der Waals surface area contributed by atoms with Crippen LogP contribution in [-0.4, -0.2) is 64.0 Å². The molecule has 9 heteroatoms. The van der Waals surface area contributed by atoms with Gasteiger partial charge in [0.25, 0.3) is 5.91 Å². The topological polar surface area (TPSA) is 109 Å². The molecule has 5 rings (SSSR count). The van der Waals surface area contributed by atoms with Crippen molar-refractivity contribution in [3.8, 4) is 11.8 Å². The van der Waals surface area contributed by atoms with Gasteiger partial charge in [-0.1, -0.05) is 25.0 Å². The second-order valence-corrected chi connectivity index (χ2v) is 10.6. The summed E-state index contributed by atoms with van der Waals surface area (Å²) in [5.41, 5.74) is 10.5. The average Bonchev–Trinajstić information content (AvgIpc) is 3.48. The Morgan fingerprint density at radius 3 is 2.69 bits per heavy atom. The number of carbonyl (C=O) groups is 1. The second-order valence-electron chi connectivity index (χ2n) is 9.37. The van der Waals surface area contributed by atoms with Crippen molar-refractivity contribution in [2.24, 2.45) is 0 Å². The molecule has 1 saturated heterocycles. The van der Waals surface area contributed by atoms with E-state index in [9.17, 15) is 4.79 Å². The first-order valence-electron chi connectivity index (χ1n) is 11.8. The molecule has 0 spiro atoms. The third-order valence-corrected chi connectivity index (χ3v) is 7.57. The number of carbonyl (C=O) groups excluding carboxylic acids is 1. The summed E-state index contributed by atoms with van der Waals surface area (Å²) in [6.45, 7) is 5.62. The predicted octanol–water partition coefficient (Wildman–Crippen LogP) is 3.39. The van der Waals surface area contributed by atoms with Crippen LogP contribution < -0.4 is 11.1 Å². The molecular formula is C26H30N6O2S. The summed E-state index contributed by atoms with van der Waals surface area (Å²) in [7, 11) is 1.65. The molecule has 3 heterocycles. The summed E-state index contributed by atoms with van der Waals surface area (Å²) in [5, 5.41) is 3.63. The average molecular weight is 491 g/mol. The van der Waals surface area contributed by atoms with Crippen molar-refractivity contribution in [1.29, 1.82) is 0 Å². The van der Waals surface area contributed by atoms with E-state index in [1.165, 1.54) is 0 Å². The summed E-state index contributed by atoms with van der Waals surface area (Å²) in [5.74, 6) is 8.90. The van der Waals surface area contributed by atoms with Crippen molar-refractivity contribution in [2.45, 2.75) is 31.8 Å². The van der Waals surface area contributed by atoms with Crippen molar-refractivity contribution in [1.82, 2.24) is 19.9 Å². The zero-order valence-electron chi connectivity index (χ0n) is 20.1. The van der Waals surface area contributed by atoms with Gasteiger partial charge in [0, 0.05) is 43.0 Å². The number of H-pyrrole nitrogens is 1. The van der Waals surface area contributed by atoms with Gasteiger partial charge < -0.3 is 20.8 Å². The normalized spacial score (nSPS) is 17.1. The van der Waals surface area contributed by atoms with Crippen LogP contribution in [0.3, 0.4) is 0 Å². The molecule has 1 saturated carbocycles. The Labute approximate surface area is 209 Å². The van der Waals surface area contributed by atoms with Gasteiger partial charge in [0.05, 0.1) is 24.2 Å². The van der Waals surface area contributed by atoms with Gasteiger partial charge in [0.1, 0.15) is 11.5 Å². The Morgan fingerprint density at radius 2 is 2.00 bits per heavy atom. The number of hydrogen-bond acceptors (Lipinski definition) is 7. The standard InChI is InChI=1S/C26H30N6O2S/c1-26(9-10-26)21-19(4-3-11-32-12-14-35-15-13-32)29-23-20(21)22(27)30-24(31-23)25(33)28-18-7-5-17(6-8-18)16-34-2/h5-8H,9-16H2,1-2H3,(H,28,33)(H3,27,29,30,31). The molecule has 3 aromatic rings. The van der Waals surface area contributed by atoms with Crippen molar-refractivity contribution < 1.29 is 9.53 Å². The van der Waals surface area contributed by atoms with E-state index >= 15 is 0 Å². The highest BCUT2D eigenvalue weighted by Crippen LogP contribution is 2.51. The Morgan fingerprint density at radius 1 is 1.26 bits per heavy atom. The molecule has 1 aliphatic heterocycles. The highest BCUT2D eigenvalue weighted by molar-refractivity contribution is 7.99. The Hall–Kier alpha value is -3.06. The molecule has 4 N–H and O–H groups in total. The Bertz CT molecular complexity index is 1300. The molecule has 1 aromatic carbocycles. The second kappa shape index (κ2) is 9.90. The number of nitrogens with two attached hydrogens (primary N) is 1. The first-order chi connectivity index (χ1) is 17.0. The van der Waals surface area contributed by atoms with E-state index in [-0.39, 0.29) is 11.2 Å². The number of methoxy groups -OCH3 is 1. The summed E-state index contributed by atoms with van der Waals surface area (Å²) in [6.07, 6.45) is 2.14. The number of nitrogens with zero attached hydrogens (tertiary/aromatic N) is 3. The van der Waals surface area contributed by atoms with Crippen LogP contribution in [0.1, 0.15) is 47.2 Å². The van der Waals surface area contributed by atoms with E-state index < -0.39 is 5.91 Å². The molecule has 0 unspecified atom stereocenters. The molecular weight excluding hydrogens is 460 g/mol. The maximum atomic E-state index is 12.9. The molecule has 0 atom stereocenters. The van der Waals surface area contributed by atoms with E-state index in [2.05, 4.69) is 43.9 Å². The van der Waals surface area contributed by atoms with Gasteiger partial charge in [-0.05, 0) is 41.9 Å². The zero-order chi connectivity index (χ0) is 24.4. The van der Waals surface area contributed by atoms with Gasteiger partial charge in [0.15, 0.2) is 0 Å². The molecule has 1 amide bonds. The van der Waals surface area contributed by atoms with Crippen molar-refractivity contribution in [2.75, 3.05) is 49.3 Å². The van der Waals surface area contributed by atoms with Gasteiger partial charge in [-0.3, -0.25) is 9.69 Å². The summed E-state index contributed by atoms with van der Waals surface area (Å²) < 4.78 is 5.13. The Balaban J connectivity index is 1.42. The molecule has 2 fully saturated rings. The molecule has 2 aliphatic rings. The van der Waals surface area contributed by atoms with Crippen LogP contribution in [0.4, 0.5) is 11.5 Å². The molecule has 8 nitrogen and oxygen atoms in total. The number of hydrogen-bond donors (Lipinski definition) is 3. The smallest absolute Gasteiger partial charge is 0.293 e. The van der Waals surface area contributed by atoms with Gasteiger partial charge in [-0.25, -0.2) is 9.97 Å². The van der Waals surface area contributed by atoms with E-state index in [0.29, 0.717) is 23.8 Å². The lowest BCUT2D eigenvalue weighted by atomic mass is 9.95. The summed E-state index contributed by atoms with van der Waals surface area (Å²) >= 11 is 1.99. The number of nitrogen functional groups attached to an aromatic ring is 1. The largest absolute Gasteiger partial charge is 0.383 e. The molecule has 182 valence electrons. The molecule has 0 radical (unpaired) electrons. The van der Waals surface area contributed by atoms with Crippen LogP contribution >= 0.6 is 11.8 Å². The third-order valence-electron chi connectivity index (χ3n) is 6.63. The number of rotatable bonds is 6. The summed E-state index contributed by atoms with van der Waals surface area (Å²) in [6, 6.07) is 7.45. The van der Waals surface area contributed by atoms with Gasteiger partial charge in [-0.15, -0.1) is 0 Å². The maximum absolute atomic E-state index is 12.9. The molecule has 1 aliphatic carbocycles. The first kappa shape index (κ1) is 23.7. The fourth-order valence-electron chi connectivity index (χ4n) is 4.39. The monoisotopic (exact) mass is 490 g/mol. The van der Waals surface area contributed by atoms with Gasteiger partial charge in [0.2, 0.25) is 5.82 Å². The van der Waals surface area contributed by atoms with E-state index in [4.69, 9.17) is 10.5 Å². The number of fused-ring (bicyclic) bond motifs is 1. The lowest BCUT2D eigenvalue weighted by Crippen LogP contribution is -2.32. The predicted molar refractivity (Wildman–Crippen MR) is 141 cm³/mol. The number of ether oxygens (including phenoxy) is 1. The van der Waals surface area contributed by atoms with Crippen LogP contribution in [0.15, 0.2) is 24.3 Å². The lowest BCUT2D eigenvalue weighted by molar-refractivity contribution is 0.101. The van der Waals surface area contributed by atoms with Gasteiger partial charge in [-0.2, -0.15) is 11.8 Å². The number of anilines is 2. The molecule has 35 heavy (non-hydrogen) atoms. The molecule has 2 aromatic heterocycles. The van der Waals surface area contributed by atoms with Crippen LogP contribution in [0.25, 0.3) is 11.0 Å². The van der Waals surface area contributed by atoms with E-state index in [1.54, 1.807) is 7.11 Å².